The van der Waals surface area contributed by atoms with Crippen LogP contribution in [0.4, 0.5) is 0 Å². The molecule has 3 nitrogen and oxygen atoms in total. The van der Waals surface area contributed by atoms with E-state index < -0.39 is 0 Å². The Bertz CT molecular complexity index is 206. The smallest absolute Gasteiger partial charge is 0.0434 e. The van der Waals surface area contributed by atoms with Gasteiger partial charge in [0.1, 0.15) is 0 Å². The van der Waals surface area contributed by atoms with E-state index in [1.807, 2.05) is 0 Å². The van der Waals surface area contributed by atoms with E-state index in [1.54, 1.807) is 0 Å². The van der Waals surface area contributed by atoms with Gasteiger partial charge in [-0.15, -0.1) is 0 Å². The van der Waals surface area contributed by atoms with Gasteiger partial charge in [-0.25, -0.2) is 0 Å². The number of piperidine rings is 1. The maximum Gasteiger partial charge on any atom is 0.0434 e. The lowest BCUT2D eigenvalue weighted by Crippen LogP contribution is -2.49. The first-order valence-corrected chi connectivity index (χ1v) is 6.88. The minimum atomic E-state index is 0.345. The van der Waals surface area contributed by atoms with Gasteiger partial charge in [0.05, 0.1) is 0 Å². The predicted octanol–water partition coefficient (Wildman–Crippen LogP) is 1.08. The molecule has 0 radical (unpaired) electrons. The molecule has 2 fully saturated rings. The van der Waals surface area contributed by atoms with Crippen molar-refractivity contribution in [3.63, 3.8) is 0 Å². The van der Waals surface area contributed by atoms with Gasteiger partial charge in [-0.1, -0.05) is 6.92 Å². The second-order valence-electron chi connectivity index (χ2n) is 5.51. The molecule has 1 heterocycles. The van der Waals surface area contributed by atoms with Crippen LogP contribution >= 0.6 is 0 Å². The Morgan fingerprint density at radius 1 is 1.25 bits per heavy atom. The Hall–Kier alpha value is -0.120. The van der Waals surface area contributed by atoms with E-state index in [-0.39, 0.29) is 0 Å². The molecule has 0 aromatic carbocycles. The summed E-state index contributed by atoms with van der Waals surface area (Å²) in [5.74, 6) is 1.66. The maximum absolute atomic E-state index is 9.05. The summed E-state index contributed by atoms with van der Waals surface area (Å²) in [7, 11) is 0. The average molecular weight is 226 g/mol. The summed E-state index contributed by atoms with van der Waals surface area (Å²) in [4.78, 5) is 2.52. The van der Waals surface area contributed by atoms with E-state index >= 15 is 0 Å². The van der Waals surface area contributed by atoms with Gasteiger partial charge in [-0.2, -0.15) is 0 Å². The Labute approximate surface area is 99.2 Å². The second-order valence-corrected chi connectivity index (χ2v) is 5.51. The van der Waals surface area contributed by atoms with Crippen molar-refractivity contribution in [2.45, 2.75) is 38.6 Å². The van der Waals surface area contributed by atoms with Crippen LogP contribution < -0.4 is 5.32 Å². The van der Waals surface area contributed by atoms with Crippen molar-refractivity contribution < 1.29 is 5.11 Å². The van der Waals surface area contributed by atoms with Gasteiger partial charge in [0.25, 0.3) is 0 Å². The summed E-state index contributed by atoms with van der Waals surface area (Å²) in [6.45, 7) is 7.32. The number of aliphatic hydroxyl groups excluding tert-OH is 1. The predicted molar refractivity (Wildman–Crippen MR) is 66.4 cm³/mol. The normalized spacial score (nSPS) is 31.9. The zero-order valence-electron chi connectivity index (χ0n) is 10.5. The van der Waals surface area contributed by atoms with Crippen LogP contribution in [0.15, 0.2) is 0 Å². The van der Waals surface area contributed by atoms with Gasteiger partial charge in [-0.05, 0) is 50.6 Å². The maximum atomic E-state index is 9.05. The minimum Gasteiger partial charge on any atom is -0.396 e. The largest absolute Gasteiger partial charge is 0.396 e. The highest BCUT2D eigenvalue weighted by Crippen LogP contribution is 2.28. The quantitative estimate of drug-likeness (QED) is 0.711. The Kier molecular flexibility index (Phi) is 4.62. The fraction of sp³-hybridized carbons (Fsp3) is 1.00. The molecule has 0 spiro atoms. The van der Waals surface area contributed by atoms with Crippen molar-refractivity contribution in [2.75, 3.05) is 32.8 Å². The molecule has 1 saturated heterocycles. The monoisotopic (exact) mass is 226 g/mol. The molecule has 2 N–H and O–H groups in total. The molecule has 2 aliphatic rings. The third kappa shape index (κ3) is 3.72. The number of likely N-dealkylation sites (N-methyl/N-ethyl adjacent to an activating group) is 1. The second kappa shape index (κ2) is 5.99. The van der Waals surface area contributed by atoms with Gasteiger partial charge < -0.3 is 15.3 Å². The molecular weight excluding hydrogens is 200 g/mol. The average Bonchev–Trinajstić information content (AvgIpc) is 3.10. The molecule has 1 aliphatic heterocycles. The molecule has 94 valence electrons. The van der Waals surface area contributed by atoms with Crippen molar-refractivity contribution in [2.24, 2.45) is 11.8 Å². The summed E-state index contributed by atoms with van der Waals surface area (Å²) < 4.78 is 0. The van der Waals surface area contributed by atoms with E-state index in [1.165, 1.54) is 38.9 Å². The molecule has 3 heteroatoms. The molecule has 1 aliphatic carbocycles. The van der Waals surface area contributed by atoms with Gasteiger partial charge >= 0.3 is 0 Å². The Morgan fingerprint density at radius 3 is 2.69 bits per heavy atom. The number of hydrogen-bond donors (Lipinski definition) is 2. The van der Waals surface area contributed by atoms with Crippen molar-refractivity contribution in [3.05, 3.63) is 0 Å². The molecule has 2 atom stereocenters. The number of aliphatic hydroxyl groups is 1. The van der Waals surface area contributed by atoms with Crippen LogP contribution in [0.3, 0.4) is 0 Å². The van der Waals surface area contributed by atoms with Crippen LogP contribution in [-0.4, -0.2) is 48.8 Å². The van der Waals surface area contributed by atoms with E-state index in [4.69, 9.17) is 5.11 Å². The molecule has 2 unspecified atom stereocenters. The summed E-state index contributed by atoms with van der Waals surface area (Å²) in [5.41, 5.74) is 0. The van der Waals surface area contributed by atoms with E-state index in [2.05, 4.69) is 17.1 Å². The lowest BCUT2D eigenvalue weighted by Gasteiger charge is -2.37. The topological polar surface area (TPSA) is 35.5 Å². The van der Waals surface area contributed by atoms with Gasteiger partial charge in [-0.3, -0.25) is 0 Å². The number of rotatable bonds is 6. The van der Waals surface area contributed by atoms with Crippen molar-refractivity contribution in [1.29, 1.82) is 0 Å². The van der Waals surface area contributed by atoms with Crippen LogP contribution in [0, 0.1) is 11.8 Å². The first kappa shape index (κ1) is 12.3. The van der Waals surface area contributed by atoms with Crippen LogP contribution in [0.2, 0.25) is 0 Å². The summed E-state index contributed by atoms with van der Waals surface area (Å²) in [6.07, 6.45) is 5.08. The number of likely N-dealkylation sites (tertiary alicyclic amines) is 1. The molecule has 16 heavy (non-hydrogen) atoms. The SMILES string of the molecule is CCN1CC(CCO)CC(NCC2CC2)C1. The third-order valence-electron chi connectivity index (χ3n) is 3.99. The van der Waals surface area contributed by atoms with E-state index in [0.29, 0.717) is 18.6 Å². The first-order chi connectivity index (χ1) is 7.81. The lowest BCUT2D eigenvalue weighted by molar-refractivity contribution is 0.125. The number of nitrogens with zero attached hydrogens (tertiary/aromatic N) is 1. The van der Waals surface area contributed by atoms with E-state index in [0.717, 1.165) is 18.9 Å². The molecular formula is C13H26N2O. The zero-order chi connectivity index (χ0) is 11.4. The third-order valence-corrected chi connectivity index (χ3v) is 3.99. The van der Waals surface area contributed by atoms with Crippen molar-refractivity contribution in [3.8, 4) is 0 Å². The lowest BCUT2D eigenvalue weighted by atomic mass is 9.91. The molecule has 0 amide bonds. The number of hydrogen-bond acceptors (Lipinski definition) is 3. The summed E-state index contributed by atoms with van der Waals surface area (Å²) >= 11 is 0. The highest BCUT2D eigenvalue weighted by molar-refractivity contribution is 4.85. The fourth-order valence-electron chi connectivity index (χ4n) is 2.76. The van der Waals surface area contributed by atoms with Gasteiger partial charge in [0, 0.05) is 25.7 Å². The van der Waals surface area contributed by atoms with Gasteiger partial charge in [0.2, 0.25) is 0 Å². The molecule has 1 saturated carbocycles. The van der Waals surface area contributed by atoms with Crippen molar-refractivity contribution in [1.82, 2.24) is 10.2 Å². The standard InChI is InChI=1S/C13H26N2O/c1-2-15-9-12(5-6-16)7-13(10-15)14-8-11-3-4-11/h11-14,16H,2-10H2,1H3. The molecule has 0 bridgehead atoms. The minimum absolute atomic E-state index is 0.345. The molecule has 2 rings (SSSR count). The molecule has 0 aromatic heterocycles. The highest BCUT2D eigenvalue weighted by Gasteiger charge is 2.28. The van der Waals surface area contributed by atoms with E-state index in [9.17, 15) is 0 Å². The first-order valence-electron chi connectivity index (χ1n) is 6.88. The molecule has 0 aromatic rings. The summed E-state index contributed by atoms with van der Waals surface area (Å²) in [5, 5.41) is 12.8. The van der Waals surface area contributed by atoms with Crippen molar-refractivity contribution >= 4 is 0 Å². The Balaban J connectivity index is 1.75. The van der Waals surface area contributed by atoms with Crippen LogP contribution in [0.5, 0.6) is 0 Å². The summed E-state index contributed by atoms with van der Waals surface area (Å²) in [6, 6.07) is 0.658. The van der Waals surface area contributed by atoms with Gasteiger partial charge in [0.15, 0.2) is 0 Å². The Morgan fingerprint density at radius 2 is 2.06 bits per heavy atom. The van der Waals surface area contributed by atoms with Crippen LogP contribution in [-0.2, 0) is 0 Å². The fourth-order valence-corrected chi connectivity index (χ4v) is 2.76. The zero-order valence-corrected chi connectivity index (χ0v) is 10.5. The van der Waals surface area contributed by atoms with Crippen LogP contribution in [0.1, 0.15) is 32.6 Å². The number of nitrogens with one attached hydrogen (secondary N) is 1. The highest BCUT2D eigenvalue weighted by atomic mass is 16.3. The van der Waals surface area contributed by atoms with Crippen LogP contribution in [0.25, 0.3) is 0 Å².